The summed E-state index contributed by atoms with van der Waals surface area (Å²) >= 11 is 0. The van der Waals surface area contributed by atoms with E-state index < -0.39 is 59.4 Å². The zero-order chi connectivity index (χ0) is 71.2. The molecule has 528 valence electrons. The minimum absolute atomic E-state index is 0. The second kappa shape index (κ2) is 60.6. The first-order valence-corrected chi connectivity index (χ1v) is 36.1. The van der Waals surface area contributed by atoms with E-state index in [2.05, 4.69) is 233 Å². The number of hydrogen-bond donors (Lipinski definition) is 2. The van der Waals surface area contributed by atoms with Crippen LogP contribution >= 0.6 is 31.7 Å². The van der Waals surface area contributed by atoms with Gasteiger partial charge in [0.25, 0.3) is 0 Å². The van der Waals surface area contributed by atoms with Crippen LogP contribution in [0.3, 0.4) is 0 Å². The molecule has 0 saturated heterocycles. The van der Waals surface area contributed by atoms with Crippen molar-refractivity contribution in [2.45, 2.75) is 255 Å². The minimum Gasteiger partial charge on any atom is -1.00 e. The predicted molar refractivity (Wildman–Crippen MR) is 367 cm³/mol. The predicted octanol–water partition coefficient (Wildman–Crippen LogP) is 21.6. The van der Waals surface area contributed by atoms with Crippen molar-refractivity contribution in [3.8, 4) is 0 Å². The Bertz CT molecular complexity index is 2090. The van der Waals surface area contributed by atoms with Gasteiger partial charge >= 0.3 is 40.2 Å². The zero-order valence-electron chi connectivity index (χ0n) is 61.0. The summed E-state index contributed by atoms with van der Waals surface area (Å²) in [5.74, 6) is -13.3. The molecule has 0 aliphatic rings. The molecule has 0 saturated carbocycles. The Hall–Kier alpha value is -3.04. The van der Waals surface area contributed by atoms with Crippen LogP contribution < -0.4 is 10.2 Å². The van der Waals surface area contributed by atoms with E-state index in [1.165, 1.54) is 16.7 Å². The molecule has 0 bridgehead atoms. The van der Waals surface area contributed by atoms with Crippen molar-refractivity contribution >= 4 is 44.0 Å². The molecule has 5 aromatic rings. The molecular weight excluding hydrogens is 1610 g/mol. The average molecular weight is 1730 g/mol. The summed E-state index contributed by atoms with van der Waals surface area (Å²) in [5, 5.41) is 30.6. The fourth-order valence-corrected chi connectivity index (χ4v) is 23.8. The molecule has 0 atom stereocenters. The van der Waals surface area contributed by atoms with E-state index in [0.29, 0.717) is 0 Å². The number of nitrogens with zero attached hydrogens (tertiary/aromatic N) is 2. The van der Waals surface area contributed by atoms with E-state index in [0.717, 1.165) is 80.0 Å². The van der Waals surface area contributed by atoms with Gasteiger partial charge in [-0.3, -0.25) is 17.6 Å². The van der Waals surface area contributed by atoms with Gasteiger partial charge in [-0.15, -0.1) is 0 Å². The van der Waals surface area contributed by atoms with Crippen molar-refractivity contribution in [1.82, 2.24) is 9.97 Å². The normalized spacial score (nSPS) is 10.3. The first-order valence-electron chi connectivity index (χ1n) is 29.9. The number of benzene rings is 3. The Morgan fingerprint density at radius 1 is 0.330 bits per heavy atom. The van der Waals surface area contributed by atoms with Crippen molar-refractivity contribution < 1.29 is 108 Å². The van der Waals surface area contributed by atoms with E-state index >= 15 is 0 Å². The van der Waals surface area contributed by atoms with Gasteiger partial charge in [-0.05, 0) is 88.7 Å². The summed E-state index contributed by atoms with van der Waals surface area (Å²) in [6.45, 7) is 62.7. The summed E-state index contributed by atoms with van der Waals surface area (Å²) < 4.78 is 94.8. The maximum Gasteiger partial charge on any atom is 3.00 e. The standard InChI is InChI=1S/4C9H21P.3C7H8.2C5F4N.2CH2O3.2Ir.2H/c4*1-7(2)10(8(3)4)9(5)6;3*1-7-5-3-2-4-6-7;2*6-2-1-3(7)5(9)10-4(2)8;2*2-1(3)4;;;;/h4*7-9H,1-6H3;3*2-6H,1H3;;;2*(H2,2,3,4);;;;/q;;;;;;;2*-1;;;2*+3;2*-1/p-2. The number of halogens is 8. The van der Waals surface area contributed by atoms with Gasteiger partial charge in [0.05, 0.1) is 23.3 Å². The quantitative estimate of drug-likeness (QED) is 0.0543. The molecule has 91 heavy (non-hydrogen) atoms. The molecule has 3 aromatic carbocycles. The molecule has 2 aromatic heterocycles. The van der Waals surface area contributed by atoms with Crippen molar-refractivity contribution in [3.05, 3.63) is 167 Å². The van der Waals surface area contributed by atoms with Crippen molar-refractivity contribution in [2.24, 2.45) is 0 Å². The van der Waals surface area contributed by atoms with E-state index in [9.17, 15) is 35.1 Å². The van der Waals surface area contributed by atoms with E-state index in [1.54, 1.807) is 0 Å². The van der Waals surface area contributed by atoms with Crippen LogP contribution in [0.1, 0.15) is 186 Å². The third-order valence-electron chi connectivity index (χ3n) is 11.5. The number of hydrogen-bond acceptors (Lipinski definition) is 6. The number of aryl methyl sites for hydroxylation is 3. The maximum atomic E-state index is 11.9. The topological polar surface area (TPSA) is 146 Å². The number of carbonyl (C=O) groups is 2. The van der Waals surface area contributed by atoms with E-state index in [1.807, 2.05) is 54.6 Å². The van der Waals surface area contributed by atoms with Gasteiger partial charge in [0, 0.05) is 0 Å². The van der Waals surface area contributed by atoms with Gasteiger partial charge in [-0.25, -0.2) is 17.6 Å². The Labute approximate surface area is 580 Å². The molecular formula is C69H112F8Ir2N2O6P4. The van der Waals surface area contributed by atoms with Crippen molar-refractivity contribution in [1.29, 1.82) is 0 Å². The fourth-order valence-electron chi connectivity index (χ4n) is 9.53. The van der Waals surface area contributed by atoms with Gasteiger partial charge in [-0.2, -0.15) is 0 Å². The Balaban J connectivity index is -0.000000102. The number of carboxylic acid groups (broad SMARTS) is 4. The third-order valence-corrected chi connectivity index (χ3v) is 25.8. The first-order chi connectivity index (χ1) is 40.7. The molecule has 5 rings (SSSR count). The molecule has 0 unspecified atom stereocenters. The molecule has 0 amide bonds. The molecule has 8 nitrogen and oxygen atoms in total. The summed E-state index contributed by atoms with van der Waals surface area (Å²) in [4.78, 5) is 21.4. The van der Waals surface area contributed by atoms with Crippen molar-refractivity contribution in [3.63, 3.8) is 0 Å². The molecule has 22 heteroatoms. The molecule has 2 heterocycles. The SMILES string of the molecule is CC(C)P(C(C)C)C(C)C.CC(C)P(C(C)C)C(C)C.CC(C)P(C(C)C)C(C)C.CC(C)P(C(C)C)C(C)C.Cc1ccccc1.Cc1ccccc1.Cc1ccccc1.Fc1[c-]c(F)c(F)nc1F.Fc1[c-]c(F)c(F)nc1F.O=C([O-])O.O=C([O-])O.[H-].[H-].[Ir+3].[Ir+3]. The Morgan fingerprint density at radius 2 is 0.440 bits per heavy atom. The van der Waals surface area contributed by atoms with Gasteiger partial charge in [0.2, 0.25) is 12.3 Å². The number of pyridine rings is 2. The van der Waals surface area contributed by atoms with Crippen LogP contribution in [-0.4, -0.2) is 100 Å². The van der Waals surface area contributed by atoms with Gasteiger partial charge in [-0.1, -0.05) is 318 Å². The fraction of sp³-hybridized carbons (Fsp3) is 0.565. The van der Waals surface area contributed by atoms with Gasteiger partial charge < -0.3 is 42.8 Å². The second-order valence-corrected chi connectivity index (χ2v) is 39.3. The summed E-state index contributed by atoms with van der Waals surface area (Å²) in [6, 6.07) is 33.1. The first kappa shape index (κ1) is 104. The van der Waals surface area contributed by atoms with Crippen molar-refractivity contribution in [2.75, 3.05) is 0 Å². The molecule has 0 spiro atoms. The minimum atomic E-state index is -2.08. The van der Waals surface area contributed by atoms with Gasteiger partial charge in [0.15, 0.2) is 0 Å². The zero-order valence-corrected chi connectivity index (χ0v) is 67.4. The smallest absolute Gasteiger partial charge is 1.00 e. The van der Waals surface area contributed by atoms with Crippen LogP contribution in [-0.2, 0) is 40.2 Å². The van der Waals surface area contributed by atoms with Crippen LogP contribution in [0.2, 0.25) is 0 Å². The van der Waals surface area contributed by atoms with Crippen LogP contribution in [0.15, 0.2) is 91.0 Å². The molecule has 0 aliphatic carbocycles. The van der Waals surface area contributed by atoms with Crippen LogP contribution in [0.5, 0.6) is 0 Å². The second-order valence-electron chi connectivity index (χ2n) is 23.3. The Kier molecular flexibility index (Phi) is 69.3. The summed E-state index contributed by atoms with van der Waals surface area (Å²) in [7, 11) is 1.05. The summed E-state index contributed by atoms with van der Waals surface area (Å²) in [6.07, 6.45) is -4.17. The van der Waals surface area contributed by atoms with Gasteiger partial charge in [0.1, 0.15) is 23.8 Å². The van der Waals surface area contributed by atoms with E-state index in [-0.39, 0.29) is 74.8 Å². The number of aromatic nitrogens is 2. The summed E-state index contributed by atoms with van der Waals surface area (Å²) in [5.41, 5.74) is 14.7. The third kappa shape index (κ3) is 61.6. The molecule has 0 radical (unpaired) electrons. The molecule has 2 N–H and O–H groups in total. The van der Waals surface area contributed by atoms with Crippen LogP contribution in [0.25, 0.3) is 0 Å². The molecule has 0 fully saturated rings. The van der Waals surface area contributed by atoms with Crippen LogP contribution in [0, 0.1) is 80.0 Å². The average Bonchev–Trinajstić information content (AvgIpc) is 3.36. The molecule has 0 aliphatic heterocycles. The Morgan fingerprint density at radius 3 is 0.495 bits per heavy atom. The van der Waals surface area contributed by atoms with E-state index in [4.69, 9.17) is 30.0 Å². The monoisotopic (exact) mass is 1730 g/mol. The largest absolute Gasteiger partial charge is 3.00 e. The van der Waals surface area contributed by atoms with Crippen LogP contribution in [0.4, 0.5) is 44.7 Å². The number of rotatable bonds is 12. The maximum absolute atomic E-state index is 11.9.